The highest BCUT2D eigenvalue weighted by Gasteiger charge is 2.20. The summed E-state index contributed by atoms with van der Waals surface area (Å²) in [7, 11) is 0. The van der Waals surface area contributed by atoms with E-state index in [1.807, 2.05) is 6.92 Å². The van der Waals surface area contributed by atoms with E-state index in [0.29, 0.717) is 12.1 Å². The fourth-order valence-electron chi connectivity index (χ4n) is 1.67. The largest absolute Gasteiger partial charge is 0.480 e. The highest BCUT2D eigenvalue weighted by Crippen LogP contribution is 2.08. The number of aliphatic carboxylic acids is 1. The number of rotatable bonds is 8. The molecule has 0 saturated heterocycles. The molecule has 1 atom stereocenters. The average Bonchev–Trinajstić information content (AvgIpc) is 2.77. The number of carbonyl (C=O) groups is 3. The number of hydrogen-bond donors (Lipinski definition) is 4. The summed E-state index contributed by atoms with van der Waals surface area (Å²) < 4.78 is 0. The Morgan fingerprint density at radius 3 is 2.71 bits per heavy atom. The van der Waals surface area contributed by atoms with Gasteiger partial charge in [-0.1, -0.05) is 0 Å². The van der Waals surface area contributed by atoms with Crippen molar-refractivity contribution in [3.05, 3.63) is 16.1 Å². The molecule has 0 aliphatic heterocycles. The van der Waals surface area contributed by atoms with Crippen molar-refractivity contribution in [2.75, 3.05) is 6.54 Å². The summed E-state index contributed by atoms with van der Waals surface area (Å²) in [6.45, 7) is 2.10. The number of nitrogens with zero attached hydrogens (tertiary/aromatic N) is 1. The summed E-state index contributed by atoms with van der Waals surface area (Å²) in [4.78, 5) is 37.5. The zero-order chi connectivity index (χ0) is 15.8. The Morgan fingerprint density at radius 2 is 2.19 bits per heavy atom. The van der Waals surface area contributed by atoms with Crippen molar-refractivity contribution in [2.45, 2.75) is 32.2 Å². The van der Waals surface area contributed by atoms with Crippen molar-refractivity contribution in [3.63, 3.8) is 0 Å². The molecule has 0 spiro atoms. The molecule has 8 nitrogen and oxygen atoms in total. The number of carbonyl (C=O) groups excluding carboxylic acids is 2. The van der Waals surface area contributed by atoms with Crippen LogP contribution >= 0.6 is 11.3 Å². The van der Waals surface area contributed by atoms with Gasteiger partial charge in [0.15, 0.2) is 0 Å². The van der Waals surface area contributed by atoms with Gasteiger partial charge in [-0.3, -0.25) is 4.79 Å². The average molecular weight is 314 g/mol. The van der Waals surface area contributed by atoms with Crippen molar-refractivity contribution in [1.29, 1.82) is 0 Å². The van der Waals surface area contributed by atoms with Crippen LogP contribution in [0.3, 0.4) is 0 Å². The molecule has 1 aromatic rings. The van der Waals surface area contributed by atoms with Crippen LogP contribution < -0.4 is 16.4 Å². The topological polar surface area (TPSA) is 134 Å². The maximum Gasteiger partial charge on any atom is 0.326 e. The number of aromatic nitrogens is 1. The van der Waals surface area contributed by atoms with E-state index >= 15 is 0 Å². The van der Waals surface area contributed by atoms with E-state index in [4.69, 9.17) is 10.8 Å². The molecule has 0 fully saturated rings. The molecule has 9 heteroatoms. The van der Waals surface area contributed by atoms with Crippen molar-refractivity contribution in [3.8, 4) is 0 Å². The molecule has 3 amide bonds. The van der Waals surface area contributed by atoms with Crippen molar-refractivity contribution >= 4 is 29.2 Å². The highest BCUT2D eigenvalue weighted by atomic mass is 32.1. The normalized spacial score (nSPS) is 11.7. The van der Waals surface area contributed by atoms with E-state index < -0.39 is 23.9 Å². The van der Waals surface area contributed by atoms with Gasteiger partial charge in [0.2, 0.25) is 5.91 Å². The molecule has 116 valence electrons. The zero-order valence-electron chi connectivity index (χ0n) is 11.6. The Balaban J connectivity index is 2.40. The third kappa shape index (κ3) is 6.70. The Labute approximate surface area is 125 Å². The second kappa shape index (κ2) is 8.20. The first-order valence-electron chi connectivity index (χ1n) is 6.35. The molecule has 1 heterocycles. The van der Waals surface area contributed by atoms with E-state index in [1.54, 1.807) is 5.38 Å². The quantitative estimate of drug-likeness (QED) is 0.501. The van der Waals surface area contributed by atoms with Gasteiger partial charge in [0.1, 0.15) is 6.04 Å². The predicted octanol–water partition coefficient (Wildman–Crippen LogP) is 0.0119. The van der Waals surface area contributed by atoms with Gasteiger partial charge in [-0.15, -0.1) is 11.3 Å². The first-order chi connectivity index (χ1) is 9.88. The van der Waals surface area contributed by atoms with E-state index in [9.17, 15) is 14.4 Å². The lowest BCUT2D eigenvalue weighted by Gasteiger charge is -2.14. The number of hydrogen-bond acceptors (Lipinski definition) is 5. The Kier molecular flexibility index (Phi) is 6.60. The monoisotopic (exact) mass is 314 g/mol. The molecule has 1 rings (SSSR count). The minimum absolute atomic E-state index is 0.0493. The second-order valence-electron chi connectivity index (χ2n) is 4.43. The summed E-state index contributed by atoms with van der Waals surface area (Å²) in [5, 5.41) is 16.5. The fraction of sp³-hybridized carbons (Fsp3) is 0.500. The summed E-state index contributed by atoms with van der Waals surface area (Å²) in [6.07, 6.45) is 0.654. The van der Waals surface area contributed by atoms with Crippen molar-refractivity contribution in [1.82, 2.24) is 15.6 Å². The van der Waals surface area contributed by atoms with Crippen LogP contribution in [0.25, 0.3) is 0 Å². The molecule has 0 aliphatic rings. The number of urea groups is 1. The second-order valence-corrected chi connectivity index (χ2v) is 5.49. The maximum atomic E-state index is 11.8. The van der Waals surface area contributed by atoms with Crippen molar-refractivity contribution in [2.24, 2.45) is 5.73 Å². The smallest absolute Gasteiger partial charge is 0.326 e. The first kappa shape index (κ1) is 16.9. The van der Waals surface area contributed by atoms with E-state index in [2.05, 4.69) is 15.6 Å². The summed E-state index contributed by atoms with van der Waals surface area (Å²) in [5.41, 5.74) is 5.52. The number of amides is 3. The molecule has 1 aromatic heterocycles. The van der Waals surface area contributed by atoms with Crippen LogP contribution in [0.15, 0.2) is 5.38 Å². The lowest BCUT2D eigenvalue weighted by Crippen LogP contribution is -2.42. The van der Waals surface area contributed by atoms with Crippen LogP contribution in [-0.4, -0.2) is 40.6 Å². The lowest BCUT2D eigenvalue weighted by atomic mass is 10.1. The van der Waals surface area contributed by atoms with Gasteiger partial charge in [-0.05, 0) is 19.8 Å². The maximum absolute atomic E-state index is 11.8. The van der Waals surface area contributed by atoms with E-state index in [-0.39, 0.29) is 19.4 Å². The minimum atomic E-state index is -1.11. The summed E-state index contributed by atoms with van der Waals surface area (Å²) >= 11 is 1.43. The molecular weight excluding hydrogens is 296 g/mol. The first-order valence-corrected chi connectivity index (χ1v) is 7.23. The number of primary amides is 1. The van der Waals surface area contributed by atoms with Gasteiger partial charge in [0.05, 0.1) is 17.1 Å². The lowest BCUT2D eigenvalue weighted by molar-refractivity contribution is -0.141. The molecule has 0 aliphatic carbocycles. The number of nitrogens with one attached hydrogen (secondary N) is 2. The van der Waals surface area contributed by atoms with Crippen LogP contribution in [0, 0.1) is 6.92 Å². The molecule has 0 saturated carbocycles. The molecule has 21 heavy (non-hydrogen) atoms. The molecular formula is C12H18N4O4S. The fourth-order valence-corrected chi connectivity index (χ4v) is 2.29. The van der Waals surface area contributed by atoms with Crippen molar-refractivity contribution < 1.29 is 19.5 Å². The predicted molar refractivity (Wildman–Crippen MR) is 76.9 cm³/mol. The molecule has 0 aromatic carbocycles. The number of nitrogens with two attached hydrogens (primary N) is 1. The summed E-state index contributed by atoms with van der Waals surface area (Å²) in [6, 6.07) is -1.66. The Morgan fingerprint density at radius 1 is 1.48 bits per heavy atom. The molecule has 5 N–H and O–H groups in total. The van der Waals surface area contributed by atoms with Crippen LogP contribution in [0.5, 0.6) is 0 Å². The van der Waals surface area contributed by atoms with E-state index in [0.717, 1.165) is 5.01 Å². The van der Waals surface area contributed by atoms with Crippen LogP contribution in [0.1, 0.15) is 23.5 Å². The van der Waals surface area contributed by atoms with Crippen LogP contribution in [-0.2, 0) is 16.0 Å². The molecule has 0 radical (unpaired) electrons. The third-order valence-electron chi connectivity index (χ3n) is 2.61. The van der Waals surface area contributed by atoms with Gasteiger partial charge in [0.25, 0.3) is 0 Å². The number of aryl methyl sites for hydroxylation is 1. The number of carboxylic acid groups (broad SMARTS) is 1. The SMILES string of the molecule is Cc1nc(CC(=O)N[C@@H](CCCNC(N)=O)C(=O)O)cs1. The molecule has 0 bridgehead atoms. The molecule has 0 unspecified atom stereocenters. The van der Waals surface area contributed by atoms with Gasteiger partial charge in [0, 0.05) is 11.9 Å². The van der Waals surface area contributed by atoms with Gasteiger partial charge in [-0.2, -0.15) is 0 Å². The Bertz CT molecular complexity index is 517. The van der Waals surface area contributed by atoms with Gasteiger partial charge in [-0.25, -0.2) is 14.6 Å². The number of thiazole rings is 1. The van der Waals surface area contributed by atoms with Crippen LogP contribution in [0.4, 0.5) is 4.79 Å². The van der Waals surface area contributed by atoms with Gasteiger partial charge < -0.3 is 21.5 Å². The van der Waals surface area contributed by atoms with E-state index in [1.165, 1.54) is 11.3 Å². The minimum Gasteiger partial charge on any atom is -0.480 e. The van der Waals surface area contributed by atoms with Gasteiger partial charge >= 0.3 is 12.0 Å². The zero-order valence-corrected chi connectivity index (χ0v) is 12.4. The number of carboxylic acids is 1. The van der Waals surface area contributed by atoms with Crippen LogP contribution in [0.2, 0.25) is 0 Å². The Hall–Kier alpha value is -2.16. The summed E-state index contributed by atoms with van der Waals surface area (Å²) in [5.74, 6) is -1.51. The highest BCUT2D eigenvalue weighted by molar-refractivity contribution is 7.09. The third-order valence-corrected chi connectivity index (χ3v) is 3.43. The standard InChI is InChI=1S/C12H18N4O4S/c1-7-15-8(6-21-7)5-10(17)16-9(11(18)19)3-2-4-14-12(13)20/h6,9H,2-5H2,1H3,(H,16,17)(H,18,19)(H3,13,14,20)/t9-/m0/s1.